The van der Waals surface area contributed by atoms with E-state index in [0.717, 1.165) is 0 Å². The first-order chi connectivity index (χ1) is 13.5. The Bertz CT molecular complexity index is 977. The Morgan fingerprint density at radius 2 is 2.00 bits per heavy atom. The standard InChI is InChI=1S/C19H25N5O5/c1-10-7-23(18(28)29-19(2,3)4)9-13(10)22-15-12(16(20)25)6-21-24-8-11(17(26)27)5-14(15)24/h5-6,8,10,13,22H,7,9H2,1-4H3,(H2,20,25)(H,26,27)/t10-,13-/m1/s1. The molecule has 1 aliphatic rings. The van der Waals surface area contributed by atoms with E-state index in [9.17, 15) is 19.5 Å². The summed E-state index contributed by atoms with van der Waals surface area (Å²) in [6.45, 7) is 8.25. The number of nitrogens with two attached hydrogens (primary N) is 1. The van der Waals surface area contributed by atoms with Crippen molar-refractivity contribution < 1.29 is 24.2 Å². The molecule has 29 heavy (non-hydrogen) atoms. The van der Waals surface area contributed by atoms with Crippen LogP contribution < -0.4 is 11.1 Å². The van der Waals surface area contributed by atoms with Crippen LogP contribution in [0.25, 0.3) is 5.52 Å². The fourth-order valence-electron chi connectivity index (χ4n) is 3.33. The van der Waals surface area contributed by atoms with Crippen molar-refractivity contribution in [2.75, 3.05) is 18.4 Å². The summed E-state index contributed by atoms with van der Waals surface area (Å²) in [6.07, 6.45) is 2.26. The van der Waals surface area contributed by atoms with Crippen LogP contribution in [0.4, 0.5) is 10.5 Å². The fourth-order valence-corrected chi connectivity index (χ4v) is 3.33. The molecule has 1 fully saturated rings. The molecule has 0 bridgehead atoms. The van der Waals surface area contributed by atoms with Crippen molar-refractivity contribution in [2.24, 2.45) is 11.7 Å². The van der Waals surface area contributed by atoms with Crippen LogP contribution in [0, 0.1) is 5.92 Å². The Morgan fingerprint density at radius 3 is 2.59 bits per heavy atom. The molecule has 156 valence electrons. The van der Waals surface area contributed by atoms with Gasteiger partial charge in [0.1, 0.15) is 5.60 Å². The van der Waals surface area contributed by atoms with Crippen molar-refractivity contribution in [2.45, 2.75) is 39.3 Å². The number of carboxylic acids is 1. The topological polar surface area (TPSA) is 139 Å². The maximum Gasteiger partial charge on any atom is 0.410 e. The average molecular weight is 403 g/mol. The molecule has 0 aromatic carbocycles. The molecule has 10 heteroatoms. The Morgan fingerprint density at radius 1 is 1.31 bits per heavy atom. The summed E-state index contributed by atoms with van der Waals surface area (Å²) in [6, 6.07) is 1.24. The van der Waals surface area contributed by atoms with Gasteiger partial charge in [0.05, 0.1) is 28.5 Å². The van der Waals surface area contributed by atoms with Crippen molar-refractivity contribution in [3.63, 3.8) is 0 Å². The number of anilines is 1. The molecule has 0 saturated carbocycles. The van der Waals surface area contributed by atoms with Gasteiger partial charge in [-0.1, -0.05) is 6.92 Å². The molecular weight excluding hydrogens is 378 g/mol. The number of nitrogens with zero attached hydrogens (tertiary/aromatic N) is 3. The van der Waals surface area contributed by atoms with Crippen molar-refractivity contribution in [1.82, 2.24) is 14.5 Å². The molecule has 0 aliphatic carbocycles. The molecule has 0 unspecified atom stereocenters. The van der Waals surface area contributed by atoms with Gasteiger partial charge in [-0.15, -0.1) is 0 Å². The molecule has 2 aromatic heterocycles. The number of nitrogens with one attached hydrogen (secondary N) is 1. The number of hydrogen-bond donors (Lipinski definition) is 3. The number of aromatic carboxylic acids is 1. The largest absolute Gasteiger partial charge is 0.478 e. The highest BCUT2D eigenvalue weighted by atomic mass is 16.6. The molecule has 0 radical (unpaired) electrons. The third-order valence-electron chi connectivity index (χ3n) is 4.74. The normalized spacial score (nSPS) is 19.4. The molecule has 1 saturated heterocycles. The number of hydrogen-bond acceptors (Lipinski definition) is 6. The molecule has 3 rings (SSSR count). The van der Waals surface area contributed by atoms with Crippen LogP contribution >= 0.6 is 0 Å². The summed E-state index contributed by atoms with van der Waals surface area (Å²) in [5.41, 5.74) is 5.90. The minimum absolute atomic E-state index is 0.0389. The first kappa shape index (κ1) is 20.4. The Balaban J connectivity index is 1.90. The van der Waals surface area contributed by atoms with Gasteiger partial charge in [-0.2, -0.15) is 5.10 Å². The molecule has 0 spiro atoms. The van der Waals surface area contributed by atoms with Gasteiger partial charge < -0.3 is 25.8 Å². The minimum atomic E-state index is -1.10. The smallest absolute Gasteiger partial charge is 0.410 e. The zero-order valence-electron chi connectivity index (χ0n) is 16.8. The van der Waals surface area contributed by atoms with E-state index in [1.54, 1.807) is 25.7 Å². The van der Waals surface area contributed by atoms with Gasteiger partial charge in [-0.25, -0.2) is 14.1 Å². The van der Waals surface area contributed by atoms with Crippen LogP contribution in [0.5, 0.6) is 0 Å². The quantitative estimate of drug-likeness (QED) is 0.707. The number of carbonyl (C=O) groups is 3. The summed E-state index contributed by atoms with van der Waals surface area (Å²) in [4.78, 5) is 37.2. The van der Waals surface area contributed by atoms with Crippen molar-refractivity contribution >= 4 is 29.2 Å². The highest BCUT2D eigenvalue weighted by Gasteiger charge is 2.35. The summed E-state index contributed by atoms with van der Waals surface area (Å²) >= 11 is 0. The average Bonchev–Trinajstić information content (AvgIpc) is 3.17. The second kappa shape index (κ2) is 7.26. The summed E-state index contributed by atoms with van der Waals surface area (Å²) < 4.78 is 6.81. The highest BCUT2D eigenvalue weighted by Crippen LogP contribution is 2.28. The molecule has 2 aromatic rings. The number of primary amides is 1. The maximum atomic E-state index is 12.4. The number of rotatable bonds is 4. The fraction of sp³-hybridized carbons (Fsp3) is 0.474. The van der Waals surface area contributed by atoms with Crippen LogP contribution in [-0.2, 0) is 4.74 Å². The number of fused-ring (bicyclic) bond motifs is 1. The van der Waals surface area contributed by atoms with Crippen LogP contribution in [0.15, 0.2) is 18.5 Å². The highest BCUT2D eigenvalue weighted by molar-refractivity contribution is 6.03. The lowest BCUT2D eigenvalue weighted by Crippen LogP contribution is -2.36. The second-order valence-corrected chi connectivity index (χ2v) is 8.27. The number of ether oxygens (including phenoxy) is 1. The van der Waals surface area contributed by atoms with E-state index in [0.29, 0.717) is 24.3 Å². The first-order valence-corrected chi connectivity index (χ1v) is 9.25. The Labute approximate surface area is 167 Å². The predicted octanol–water partition coefficient (Wildman–Crippen LogP) is 1.80. The van der Waals surface area contributed by atoms with Crippen LogP contribution in [-0.4, -0.2) is 62.3 Å². The van der Waals surface area contributed by atoms with Gasteiger partial charge in [0, 0.05) is 25.3 Å². The van der Waals surface area contributed by atoms with Crippen molar-refractivity contribution in [1.29, 1.82) is 0 Å². The number of carbonyl (C=O) groups excluding carboxylic acids is 2. The first-order valence-electron chi connectivity index (χ1n) is 9.25. The monoisotopic (exact) mass is 403 g/mol. The third-order valence-corrected chi connectivity index (χ3v) is 4.74. The van der Waals surface area contributed by atoms with E-state index >= 15 is 0 Å². The van der Waals surface area contributed by atoms with Crippen molar-refractivity contribution in [3.8, 4) is 0 Å². The Hall–Kier alpha value is -3.30. The van der Waals surface area contributed by atoms with Gasteiger partial charge >= 0.3 is 12.1 Å². The number of carboxylic acid groups (broad SMARTS) is 1. The molecule has 1 aliphatic heterocycles. The van der Waals surface area contributed by atoms with Gasteiger partial charge in [-0.3, -0.25) is 4.79 Å². The molecule has 2 amide bonds. The van der Waals surface area contributed by atoms with Crippen molar-refractivity contribution in [3.05, 3.63) is 29.6 Å². The molecular formula is C19H25N5O5. The number of amides is 2. The molecule has 2 atom stereocenters. The van der Waals surface area contributed by atoms with E-state index in [1.165, 1.54) is 23.0 Å². The van der Waals surface area contributed by atoms with Crippen LogP contribution in [0.1, 0.15) is 48.4 Å². The third kappa shape index (κ3) is 4.25. The number of aromatic nitrogens is 2. The lowest BCUT2D eigenvalue weighted by molar-refractivity contribution is 0.0288. The number of likely N-dealkylation sites (tertiary alicyclic amines) is 1. The van der Waals surface area contributed by atoms with E-state index in [1.807, 2.05) is 6.92 Å². The van der Waals surface area contributed by atoms with Gasteiger partial charge in [-0.05, 0) is 32.8 Å². The second-order valence-electron chi connectivity index (χ2n) is 8.27. The van der Waals surface area contributed by atoms with E-state index < -0.39 is 23.6 Å². The van der Waals surface area contributed by atoms with Gasteiger partial charge in [0.2, 0.25) is 0 Å². The van der Waals surface area contributed by atoms with E-state index in [-0.39, 0.29) is 23.1 Å². The lowest BCUT2D eigenvalue weighted by atomic mass is 10.1. The van der Waals surface area contributed by atoms with E-state index in [4.69, 9.17) is 10.5 Å². The molecule has 4 N–H and O–H groups in total. The maximum absolute atomic E-state index is 12.4. The lowest BCUT2D eigenvalue weighted by Gasteiger charge is -2.24. The van der Waals surface area contributed by atoms with E-state index in [2.05, 4.69) is 10.4 Å². The molecule has 10 nitrogen and oxygen atoms in total. The summed E-state index contributed by atoms with van der Waals surface area (Å²) in [5.74, 6) is -1.73. The van der Waals surface area contributed by atoms with Gasteiger partial charge in [0.25, 0.3) is 5.91 Å². The van der Waals surface area contributed by atoms with Crippen LogP contribution in [0.2, 0.25) is 0 Å². The molecule has 3 heterocycles. The summed E-state index contributed by atoms with van der Waals surface area (Å²) in [5, 5.41) is 16.6. The minimum Gasteiger partial charge on any atom is -0.478 e. The zero-order valence-corrected chi connectivity index (χ0v) is 16.8. The van der Waals surface area contributed by atoms with Gasteiger partial charge in [0.15, 0.2) is 0 Å². The SMILES string of the molecule is C[C@@H]1CN(C(=O)OC(C)(C)C)C[C@H]1Nc1c(C(N)=O)cnn2cc(C(=O)O)cc12. The summed E-state index contributed by atoms with van der Waals surface area (Å²) in [7, 11) is 0. The predicted molar refractivity (Wildman–Crippen MR) is 105 cm³/mol. The zero-order chi connectivity index (χ0) is 21.5. The Kier molecular flexibility index (Phi) is 5.12. The van der Waals surface area contributed by atoms with Crippen LogP contribution in [0.3, 0.4) is 0 Å².